The third-order valence-electron chi connectivity index (χ3n) is 5.95. The van der Waals surface area contributed by atoms with Crippen LogP contribution in [-0.2, 0) is 25.6 Å². The minimum absolute atomic E-state index is 0.0644. The van der Waals surface area contributed by atoms with Crippen LogP contribution in [0.2, 0.25) is 0 Å². The first-order valence-corrected chi connectivity index (χ1v) is 12.0. The molecule has 0 saturated heterocycles. The molecule has 1 atom stereocenters. The molecule has 1 amide bonds. The number of ether oxygens (including phenoxy) is 2. The molecule has 0 aliphatic heterocycles. The van der Waals surface area contributed by atoms with Crippen molar-refractivity contribution in [3.63, 3.8) is 0 Å². The fourth-order valence-corrected chi connectivity index (χ4v) is 5.09. The first kappa shape index (κ1) is 23.0. The lowest BCUT2D eigenvalue weighted by atomic mass is 9.94. The number of methoxy groups -OCH3 is 1. The first-order valence-electron chi connectivity index (χ1n) is 11.1. The molecule has 1 aliphatic rings. The van der Waals surface area contributed by atoms with E-state index in [4.69, 9.17) is 9.47 Å². The summed E-state index contributed by atoms with van der Waals surface area (Å²) in [7, 11) is 1.32. The fourth-order valence-electron chi connectivity index (χ4n) is 4.37. The molecule has 1 aliphatic carbocycles. The molecule has 0 unspecified atom stereocenters. The second-order valence-corrected chi connectivity index (χ2v) is 9.00. The maximum atomic E-state index is 13.3. The van der Waals surface area contributed by atoms with Crippen molar-refractivity contribution in [1.29, 1.82) is 0 Å². The lowest BCUT2D eigenvalue weighted by Gasteiger charge is -2.33. The summed E-state index contributed by atoms with van der Waals surface area (Å²) in [5.41, 5.74) is 1.08. The van der Waals surface area contributed by atoms with Gasteiger partial charge in [0.15, 0.2) is 11.2 Å². The van der Waals surface area contributed by atoms with Crippen molar-refractivity contribution in [2.75, 3.05) is 12.0 Å². The molecule has 0 N–H and O–H groups in total. The fraction of sp³-hybridized carbons (Fsp3) is 0.417. The van der Waals surface area contributed by atoms with Crippen LogP contribution in [0.15, 0.2) is 42.0 Å². The number of benzene rings is 1. The molecule has 0 radical (unpaired) electrons. The SMILES string of the molecule is COC(=O)c1cn(CC(=O)O[C@@H](C)C(=O)N(c2nccs2)C2CCCCC2)c2ccccc12. The number of hydrogen-bond donors (Lipinski definition) is 0. The quantitative estimate of drug-likeness (QED) is 0.482. The smallest absolute Gasteiger partial charge is 0.340 e. The van der Waals surface area contributed by atoms with Gasteiger partial charge in [0.1, 0.15) is 6.54 Å². The highest BCUT2D eigenvalue weighted by Crippen LogP contribution is 2.30. The normalized spacial score (nSPS) is 15.2. The van der Waals surface area contributed by atoms with E-state index in [2.05, 4.69) is 4.98 Å². The zero-order valence-electron chi connectivity index (χ0n) is 18.7. The average Bonchev–Trinajstić information content (AvgIpc) is 3.48. The Labute approximate surface area is 196 Å². The van der Waals surface area contributed by atoms with Crippen LogP contribution in [0, 0.1) is 0 Å². The van der Waals surface area contributed by atoms with Crippen molar-refractivity contribution in [2.45, 2.75) is 57.7 Å². The topological polar surface area (TPSA) is 90.7 Å². The van der Waals surface area contributed by atoms with E-state index in [1.807, 2.05) is 23.6 Å². The Hall–Kier alpha value is -3.20. The van der Waals surface area contributed by atoms with Crippen LogP contribution in [0.3, 0.4) is 0 Å². The summed E-state index contributed by atoms with van der Waals surface area (Å²) in [6, 6.07) is 7.32. The van der Waals surface area contributed by atoms with Crippen LogP contribution in [0.4, 0.5) is 5.13 Å². The molecule has 2 aromatic heterocycles. The third kappa shape index (κ3) is 4.93. The lowest BCUT2D eigenvalue weighted by Crippen LogP contribution is -2.47. The molecule has 0 spiro atoms. The highest BCUT2D eigenvalue weighted by Gasteiger charge is 2.33. The van der Waals surface area contributed by atoms with Crippen molar-refractivity contribution in [3.05, 3.63) is 47.6 Å². The number of fused-ring (bicyclic) bond motifs is 1. The Bertz CT molecular complexity index is 1130. The van der Waals surface area contributed by atoms with E-state index in [1.54, 1.807) is 34.9 Å². The molecule has 4 rings (SSSR count). The molecule has 174 valence electrons. The van der Waals surface area contributed by atoms with Crippen LogP contribution in [0.25, 0.3) is 10.9 Å². The van der Waals surface area contributed by atoms with Crippen LogP contribution < -0.4 is 4.90 Å². The maximum Gasteiger partial charge on any atom is 0.340 e. The summed E-state index contributed by atoms with van der Waals surface area (Å²) in [6.45, 7) is 1.47. The number of carbonyl (C=O) groups excluding carboxylic acids is 3. The molecule has 33 heavy (non-hydrogen) atoms. The van der Waals surface area contributed by atoms with Crippen molar-refractivity contribution in [2.24, 2.45) is 0 Å². The van der Waals surface area contributed by atoms with Gasteiger partial charge in [-0.1, -0.05) is 37.5 Å². The van der Waals surface area contributed by atoms with Gasteiger partial charge < -0.3 is 14.0 Å². The van der Waals surface area contributed by atoms with Gasteiger partial charge in [-0.2, -0.15) is 0 Å². The summed E-state index contributed by atoms with van der Waals surface area (Å²) in [4.78, 5) is 44.3. The highest BCUT2D eigenvalue weighted by atomic mass is 32.1. The predicted octanol–water partition coefficient (Wildman–Crippen LogP) is 4.18. The van der Waals surface area contributed by atoms with Crippen molar-refractivity contribution in [3.8, 4) is 0 Å². The Balaban J connectivity index is 1.49. The molecule has 3 aromatic rings. The van der Waals surface area contributed by atoms with E-state index < -0.39 is 18.0 Å². The molecule has 8 nitrogen and oxygen atoms in total. The van der Waals surface area contributed by atoms with E-state index in [9.17, 15) is 14.4 Å². The average molecular weight is 470 g/mol. The molecule has 1 saturated carbocycles. The van der Waals surface area contributed by atoms with Gasteiger partial charge in [0.25, 0.3) is 5.91 Å². The molecular weight excluding hydrogens is 442 g/mol. The number of nitrogens with zero attached hydrogens (tertiary/aromatic N) is 3. The number of thiazole rings is 1. The molecule has 1 fully saturated rings. The van der Waals surface area contributed by atoms with Gasteiger partial charge in [0.05, 0.1) is 12.7 Å². The van der Waals surface area contributed by atoms with Gasteiger partial charge >= 0.3 is 11.9 Å². The third-order valence-corrected chi connectivity index (χ3v) is 6.72. The van der Waals surface area contributed by atoms with Gasteiger partial charge in [-0.05, 0) is 25.8 Å². The van der Waals surface area contributed by atoms with Crippen LogP contribution in [-0.4, -0.2) is 46.7 Å². The van der Waals surface area contributed by atoms with Crippen LogP contribution in [0.5, 0.6) is 0 Å². The molecule has 1 aromatic carbocycles. The maximum absolute atomic E-state index is 13.3. The Morgan fingerprint density at radius 2 is 1.97 bits per heavy atom. The van der Waals surface area contributed by atoms with Crippen LogP contribution >= 0.6 is 11.3 Å². The largest absolute Gasteiger partial charge is 0.465 e. The first-order chi connectivity index (χ1) is 16.0. The van der Waals surface area contributed by atoms with Crippen molar-refractivity contribution in [1.82, 2.24) is 9.55 Å². The van der Waals surface area contributed by atoms with E-state index >= 15 is 0 Å². The second kappa shape index (κ2) is 10.2. The van der Waals surface area contributed by atoms with Crippen molar-refractivity contribution >= 4 is 45.2 Å². The highest BCUT2D eigenvalue weighted by molar-refractivity contribution is 7.13. The Kier molecular flexibility index (Phi) is 7.08. The number of carbonyl (C=O) groups is 3. The summed E-state index contributed by atoms with van der Waals surface area (Å²) in [5.74, 6) is -1.30. The zero-order chi connectivity index (χ0) is 23.4. The monoisotopic (exact) mass is 469 g/mol. The number of amides is 1. The Morgan fingerprint density at radius 1 is 1.21 bits per heavy atom. The van der Waals surface area contributed by atoms with Crippen molar-refractivity contribution < 1.29 is 23.9 Å². The van der Waals surface area contributed by atoms with Crippen LogP contribution in [0.1, 0.15) is 49.4 Å². The Morgan fingerprint density at radius 3 is 2.67 bits per heavy atom. The predicted molar refractivity (Wildman–Crippen MR) is 125 cm³/mol. The van der Waals surface area contributed by atoms with Gasteiger partial charge in [-0.15, -0.1) is 11.3 Å². The molecule has 9 heteroatoms. The molecular formula is C24H27N3O5S. The van der Waals surface area contributed by atoms with Gasteiger partial charge in [-0.25, -0.2) is 9.78 Å². The van der Waals surface area contributed by atoms with Gasteiger partial charge in [0, 0.05) is 34.7 Å². The number of anilines is 1. The number of rotatable bonds is 7. The number of esters is 2. The van der Waals surface area contributed by atoms with E-state index in [1.165, 1.54) is 24.9 Å². The van der Waals surface area contributed by atoms with E-state index in [0.29, 0.717) is 21.6 Å². The number of aromatic nitrogens is 2. The standard InChI is InChI=1S/C24H27N3O5S/c1-16(22(29)27(24-25-12-13-33-24)17-8-4-3-5-9-17)32-21(28)15-26-14-19(23(30)31-2)18-10-6-7-11-20(18)26/h6-7,10-14,16-17H,3-5,8-9,15H2,1-2H3/t16-/m0/s1. The summed E-state index contributed by atoms with van der Waals surface area (Å²) >= 11 is 1.41. The van der Waals surface area contributed by atoms with E-state index in [-0.39, 0.29) is 18.5 Å². The number of para-hydroxylation sites is 1. The molecule has 0 bridgehead atoms. The van der Waals surface area contributed by atoms with Gasteiger partial charge in [0.2, 0.25) is 0 Å². The van der Waals surface area contributed by atoms with E-state index in [0.717, 1.165) is 25.7 Å². The summed E-state index contributed by atoms with van der Waals surface area (Å²) < 4.78 is 12.0. The minimum atomic E-state index is -0.953. The minimum Gasteiger partial charge on any atom is -0.465 e. The van der Waals surface area contributed by atoms with Gasteiger partial charge in [-0.3, -0.25) is 14.5 Å². The number of hydrogen-bond acceptors (Lipinski definition) is 7. The summed E-state index contributed by atoms with van der Waals surface area (Å²) in [5, 5.41) is 3.16. The lowest BCUT2D eigenvalue weighted by molar-refractivity contribution is -0.154. The zero-order valence-corrected chi connectivity index (χ0v) is 19.5. The summed E-state index contributed by atoms with van der Waals surface area (Å²) in [6.07, 6.45) is 7.43. The molecule has 2 heterocycles. The second-order valence-electron chi connectivity index (χ2n) is 8.13.